The lowest BCUT2D eigenvalue weighted by atomic mass is 10.2. The predicted molar refractivity (Wildman–Crippen MR) is 47.2 cm³/mol. The molecule has 1 rings (SSSR count). The summed E-state index contributed by atoms with van der Waals surface area (Å²) < 4.78 is 0. The summed E-state index contributed by atoms with van der Waals surface area (Å²) in [4.78, 5) is 6.30. The van der Waals surface area contributed by atoms with Crippen molar-refractivity contribution in [1.29, 1.82) is 0 Å². The number of rotatable bonds is 1. The Morgan fingerprint density at radius 1 is 1.64 bits per heavy atom. The summed E-state index contributed by atoms with van der Waals surface area (Å²) in [5, 5.41) is 0. The summed E-state index contributed by atoms with van der Waals surface area (Å²) in [5.41, 5.74) is 6.69. The van der Waals surface area contributed by atoms with Crippen molar-refractivity contribution in [3.05, 3.63) is 11.5 Å². The average Bonchev–Trinajstić information content (AvgIpc) is 1.97. The predicted octanol–water partition coefficient (Wildman–Crippen LogP) is 0.931. The van der Waals surface area contributed by atoms with Crippen LogP contribution in [0.1, 0.15) is 19.8 Å². The minimum Gasteiger partial charge on any atom is -0.399 e. The number of allylic oxidation sites excluding steroid dienone is 1. The van der Waals surface area contributed by atoms with E-state index in [-0.39, 0.29) is 0 Å². The fourth-order valence-corrected chi connectivity index (χ4v) is 1.27. The molecule has 2 N–H and O–H groups in total. The molecule has 1 aliphatic heterocycles. The highest BCUT2D eigenvalue weighted by Gasteiger charge is 2.12. The number of nitrogens with zero attached hydrogens (tertiary/aromatic N) is 2. The second-order valence-corrected chi connectivity index (χ2v) is 2.76. The lowest BCUT2D eigenvalue weighted by Crippen LogP contribution is -2.26. The first kappa shape index (κ1) is 8.11. The number of nitrogens with two attached hydrogens (primary N) is 1. The van der Waals surface area contributed by atoms with E-state index in [1.807, 2.05) is 14.0 Å². The van der Waals surface area contributed by atoms with E-state index < -0.39 is 0 Å². The monoisotopic (exact) mass is 153 g/mol. The molecular formula is C8H15N3. The van der Waals surface area contributed by atoms with Crippen LogP contribution in [0.3, 0.4) is 0 Å². The van der Waals surface area contributed by atoms with Gasteiger partial charge in [0, 0.05) is 19.8 Å². The van der Waals surface area contributed by atoms with E-state index in [1.165, 1.54) is 0 Å². The summed E-state index contributed by atoms with van der Waals surface area (Å²) in [6, 6.07) is 0. The van der Waals surface area contributed by atoms with E-state index in [0.717, 1.165) is 30.9 Å². The van der Waals surface area contributed by atoms with E-state index >= 15 is 0 Å². The standard InChI is InChI=1S/C8H15N3/c1-3-10-8-7(9)5-4-6-11(8)2/h3H,4-6,9H2,1-2H3. The third kappa shape index (κ3) is 1.73. The first-order chi connectivity index (χ1) is 5.25. The van der Waals surface area contributed by atoms with Crippen molar-refractivity contribution in [2.75, 3.05) is 13.6 Å². The zero-order chi connectivity index (χ0) is 8.27. The fourth-order valence-electron chi connectivity index (χ4n) is 1.27. The first-order valence-corrected chi connectivity index (χ1v) is 3.94. The molecule has 0 saturated heterocycles. The lowest BCUT2D eigenvalue weighted by Gasteiger charge is -2.25. The third-order valence-corrected chi connectivity index (χ3v) is 1.84. The van der Waals surface area contributed by atoms with Gasteiger partial charge in [-0.25, -0.2) is 4.99 Å². The lowest BCUT2D eigenvalue weighted by molar-refractivity contribution is 0.373. The maximum absolute atomic E-state index is 5.78. The molecule has 0 aromatic rings. The summed E-state index contributed by atoms with van der Waals surface area (Å²) in [6.07, 6.45) is 3.91. The molecule has 0 amide bonds. The first-order valence-electron chi connectivity index (χ1n) is 3.94. The minimum absolute atomic E-state index is 0.914. The van der Waals surface area contributed by atoms with E-state index in [0.29, 0.717) is 0 Å². The van der Waals surface area contributed by atoms with Crippen LogP contribution in [0.5, 0.6) is 0 Å². The average molecular weight is 153 g/mol. The number of hydrogen-bond donors (Lipinski definition) is 1. The molecule has 1 aliphatic rings. The minimum atomic E-state index is 0.914. The van der Waals surface area contributed by atoms with Crippen molar-refractivity contribution in [2.24, 2.45) is 10.7 Å². The molecule has 0 fully saturated rings. The number of hydrogen-bond acceptors (Lipinski definition) is 3. The van der Waals surface area contributed by atoms with Crippen LogP contribution in [-0.4, -0.2) is 24.7 Å². The van der Waals surface area contributed by atoms with Crippen LogP contribution in [0.4, 0.5) is 0 Å². The molecular weight excluding hydrogens is 138 g/mol. The Bertz CT molecular complexity index is 194. The van der Waals surface area contributed by atoms with Gasteiger partial charge in [-0.05, 0) is 19.8 Å². The largest absolute Gasteiger partial charge is 0.399 e. The molecule has 0 saturated carbocycles. The van der Waals surface area contributed by atoms with Gasteiger partial charge in [0.15, 0.2) is 0 Å². The Balaban J connectivity index is 2.82. The van der Waals surface area contributed by atoms with Gasteiger partial charge < -0.3 is 10.6 Å². The van der Waals surface area contributed by atoms with Crippen LogP contribution in [-0.2, 0) is 0 Å². The second-order valence-electron chi connectivity index (χ2n) is 2.76. The highest BCUT2D eigenvalue weighted by Crippen LogP contribution is 2.17. The summed E-state index contributed by atoms with van der Waals surface area (Å²) in [7, 11) is 2.02. The van der Waals surface area contributed by atoms with Gasteiger partial charge in [0.1, 0.15) is 5.82 Å². The molecule has 0 bridgehead atoms. The molecule has 3 heteroatoms. The van der Waals surface area contributed by atoms with Crippen molar-refractivity contribution in [3.8, 4) is 0 Å². The molecule has 0 aromatic carbocycles. The van der Waals surface area contributed by atoms with Gasteiger partial charge in [0.05, 0.1) is 5.70 Å². The van der Waals surface area contributed by atoms with Crippen LogP contribution in [0.15, 0.2) is 16.5 Å². The van der Waals surface area contributed by atoms with Gasteiger partial charge in [0.25, 0.3) is 0 Å². The SMILES string of the molecule is CC=NC1=C(N)CCCN1C. The summed E-state index contributed by atoms with van der Waals surface area (Å²) >= 11 is 0. The summed E-state index contributed by atoms with van der Waals surface area (Å²) in [5.74, 6) is 0.943. The maximum Gasteiger partial charge on any atom is 0.146 e. The van der Waals surface area contributed by atoms with Gasteiger partial charge in [0.2, 0.25) is 0 Å². The molecule has 1 heterocycles. The Hall–Kier alpha value is -0.990. The van der Waals surface area contributed by atoms with Crippen molar-refractivity contribution in [1.82, 2.24) is 4.90 Å². The van der Waals surface area contributed by atoms with Gasteiger partial charge >= 0.3 is 0 Å². The molecule has 0 radical (unpaired) electrons. The molecule has 0 unspecified atom stereocenters. The molecule has 11 heavy (non-hydrogen) atoms. The highest BCUT2D eigenvalue weighted by molar-refractivity contribution is 5.55. The summed E-state index contributed by atoms with van der Waals surface area (Å²) in [6.45, 7) is 2.97. The smallest absolute Gasteiger partial charge is 0.146 e. The van der Waals surface area contributed by atoms with Crippen LogP contribution in [0.2, 0.25) is 0 Å². The topological polar surface area (TPSA) is 41.6 Å². The van der Waals surface area contributed by atoms with Crippen LogP contribution in [0, 0.1) is 0 Å². The van der Waals surface area contributed by atoms with Gasteiger partial charge in [-0.2, -0.15) is 0 Å². The van der Waals surface area contributed by atoms with Crippen LogP contribution in [0.25, 0.3) is 0 Å². The van der Waals surface area contributed by atoms with E-state index in [1.54, 1.807) is 6.21 Å². The van der Waals surface area contributed by atoms with Crippen molar-refractivity contribution in [2.45, 2.75) is 19.8 Å². The molecule has 0 aromatic heterocycles. The van der Waals surface area contributed by atoms with Gasteiger partial charge in [-0.15, -0.1) is 0 Å². The molecule has 62 valence electrons. The van der Waals surface area contributed by atoms with Crippen molar-refractivity contribution in [3.63, 3.8) is 0 Å². The Labute approximate surface area is 67.6 Å². The zero-order valence-corrected chi connectivity index (χ0v) is 7.17. The molecule has 3 nitrogen and oxygen atoms in total. The highest BCUT2D eigenvalue weighted by atomic mass is 15.2. The quantitative estimate of drug-likeness (QED) is 0.569. The van der Waals surface area contributed by atoms with Crippen LogP contribution < -0.4 is 5.73 Å². The molecule has 0 spiro atoms. The van der Waals surface area contributed by atoms with E-state index in [9.17, 15) is 0 Å². The molecule has 0 atom stereocenters. The third-order valence-electron chi connectivity index (χ3n) is 1.84. The Kier molecular flexibility index (Phi) is 2.52. The molecule has 0 aliphatic carbocycles. The van der Waals surface area contributed by atoms with E-state index in [4.69, 9.17) is 5.73 Å². The van der Waals surface area contributed by atoms with Gasteiger partial charge in [-0.3, -0.25) is 0 Å². The fraction of sp³-hybridized carbons (Fsp3) is 0.625. The Morgan fingerprint density at radius 3 is 2.91 bits per heavy atom. The van der Waals surface area contributed by atoms with Crippen LogP contribution >= 0.6 is 0 Å². The second kappa shape index (κ2) is 3.42. The number of aliphatic imine (C=N–C) groups is 1. The maximum atomic E-state index is 5.78. The van der Waals surface area contributed by atoms with Crippen molar-refractivity contribution >= 4 is 6.21 Å². The van der Waals surface area contributed by atoms with E-state index in [2.05, 4.69) is 9.89 Å². The van der Waals surface area contributed by atoms with Crippen molar-refractivity contribution < 1.29 is 0 Å². The Morgan fingerprint density at radius 2 is 2.36 bits per heavy atom. The normalized spacial score (nSPS) is 20.0. The zero-order valence-electron chi connectivity index (χ0n) is 7.17. The van der Waals surface area contributed by atoms with Gasteiger partial charge in [-0.1, -0.05) is 0 Å².